The summed E-state index contributed by atoms with van der Waals surface area (Å²) in [5, 5.41) is 7.84. The van der Waals surface area contributed by atoms with Gasteiger partial charge in [-0.2, -0.15) is 0 Å². The van der Waals surface area contributed by atoms with E-state index in [4.69, 9.17) is 11.6 Å². The molecular formula is C15H14ClN3O2. The molecule has 0 radical (unpaired) electrons. The number of hydrogen-bond acceptors (Lipinski definition) is 3. The Labute approximate surface area is 125 Å². The van der Waals surface area contributed by atoms with Crippen molar-refractivity contribution >= 4 is 34.0 Å². The van der Waals surface area contributed by atoms with Crippen LogP contribution in [0.5, 0.6) is 0 Å². The molecule has 2 fully saturated rings. The monoisotopic (exact) mass is 303 g/mol. The van der Waals surface area contributed by atoms with E-state index in [1.54, 1.807) is 24.4 Å². The molecule has 21 heavy (non-hydrogen) atoms. The number of carbonyl (C=O) groups excluding carboxylic acids is 1. The van der Waals surface area contributed by atoms with E-state index in [0.29, 0.717) is 27.9 Å². The van der Waals surface area contributed by atoms with Crippen molar-refractivity contribution in [2.24, 2.45) is 17.8 Å². The number of amides is 1. The smallest absolute Gasteiger partial charge is 0.255 e. The summed E-state index contributed by atoms with van der Waals surface area (Å²) in [5.74, 6) is 1.05. The average molecular weight is 304 g/mol. The van der Waals surface area contributed by atoms with Crippen LogP contribution >= 0.6 is 11.6 Å². The summed E-state index contributed by atoms with van der Waals surface area (Å²) in [6.07, 6.45) is 1.58. The predicted octanol–water partition coefficient (Wildman–Crippen LogP) is 1.59. The Morgan fingerprint density at radius 2 is 2.05 bits per heavy atom. The lowest BCUT2D eigenvalue weighted by Crippen LogP contribution is -2.23. The molecule has 3 N–H and O–H groups in total. The summed E-state index contributed by atoms with van der Waals surface area (Å²) in [5.41, 5.74) is 0.382. The molecule has 1 aliphatic carbocycles. The maximum absolute atomic E-state index is 12.3. The molecule has 1 unspecified atom stereocenters. The fourth-order valence-electron chi connectivity index (χ4n) is 3.33. The normalized spacial score (nSPS) is 26.6. The highest BCUT2D eigenvalue weighted by atomic mass is 35.5. The van der Waals surface area contributed by atoms with Crippen molar-refractivity contribution in [1.82, 2.24) is 10.3 Å². The Morgan fingerprint density at radius 1 is 1.29 bits per heavy atom. The molecule has 1 aromatic carbocycles. The SMILES string of the molecule is O=C(Nc1cc2cc[nH]c(=O)c2cc1Cl)C1[C@H]2CNC[C@@H]12. The van der Waals surface area contributed by atoms with Crippen molar-refractivity contribution in [3.63, 3.8) is 0 Å². The Balaban J connectivity index is 1.63. The first kappa shape index (κ1) is 12.9. The van der Waals surface area contributed by atoms with Crippen molar-refractivity contribution in [3.05, 3.63) is 39.8 Å². The standard InChI is InChI=1S/C15H14ClN3O2/c16-11-4-8-7(1-2-18-14(8)20)3-12(11)19-15(21)13-9-5-17-6-10(9)13/h1-4,9-10,13,17H,5-6H2,(H,18,20)(H,19,21)/t9-,10+,13?. The molecule has 0 spiro atoms. The first-order valence-corrected chi connectivity index (χ1v) is 7.35. The maximum Gasteiger partial charge on any atom is 0.255 e. The van der Waals surface area contributed by atoms with Gasteiger partial charge in [-0.3, -0.25) is 9.59 Å². The Hall–Kier alpha value is -1.85. The number of aromatic amines is 1. The molecule has 108 valence electrons. The number of rotatable bonds is 2. The number of halogens is 1. The molecule has 1 aliphatic heterocycles. The third-order valence-corrected chi connectivity index (χ3v) is 4.83. The summed E-state index contributed by atoms with van der Waals surface area (Å²) >= 11 is 6.19. The van der Waals surface area contributed by atoms with Gasteiger partial charge in [0.15, 0.2) is 0 Å². The number of pyridine rings is 1. The van der Waals surface area contributed by atoms with Crippen LogP contribution in [-0.2, 0) is 4.79 Å². The van der Waals surface area contributed by atoms with Crippen LogP contribution in [0.15, 0.2) is 29.2 Å². The van der Waals surface area contributed by atoms with Gasteiger partial charge in [0.25, 0.3) is 5.56 Å². The summed E-state index contributed by atoms with van der Waals surface area (Å²) < 4.78 is 0. The minimum atomic E-state index is -0.185. The van der Waals surface area contributed by atoms with Gasteiger partial charge in [0.2, 0.25) is 5.91 Å². The molecule has 6 heteroatoms. The number of piperidine rings is 1. The highest BCUT2D eigenvalue weighted by Crippen LogP contribution is 2.49. The van der Waals surface area contributed by atoms with Crippen LogP contribution in [0.1, 0.15) is 0 Å². The van der Waals surface area contributed by atoms with E-state index in [0.717, 1.165) is 18.5 Å². The van der Waals surface area contributed by atoms with Crippen molar-refractivity contribution in [1.29, 1.82) is 0 Å². The molecule has 2 aliphatic rings. The van der Waals surface area contributed by atoms with Gasteiger partial charge in [-0.05, 0) is 48.5 Å². The van der Waals surface area contributed by atoms with Gasteiger partial charge in [-0.1, -0.05) is 11.6 Å². The minimum absolute atomic E-state index is 0.0255. The summed E-state index contributed by atoms with van der Waals surface area (Å²) in [7, 11) is 0. The van der Waals surface area contributed by atoms with Crippen molar-refractivity contribution in [3.8, 4) is 0 Å². The van der Waals surface area contributed by atoms with Gasteiger partial charge in [0.1, 0.15) is 0 Å². The lowest BCUT2D eigenvalue weighted by atomic mass is 10.1. The highest BCUT2D eigenvalue weighted by Gasteiger charge is 2.56. The fraction of sp³-hybridized carbons (Fsp3) is 0.333. The van der Waals surface area contributed by atoms with Crippen LogP contribution in [0.25, 0.3) is 10.8 Å². The third-order valence-electron chi connectivity index (χ3n) is 4.51. The molecular weight excluding hydrogens is 290 g/mol. The van der Waals surface area contributed by atoms with Crippen LogP contribution in [0.2, 0.25) is 5.02 Å². The molecule has 1 saturated heterocycles. The molecule has 5 nitrogen and oxygen atoms in total. The molecule has 1 saturated carbocycles. The quantitative estimate of drug-likeness (QED) is 0.788. The molecule has 2 aromatic rings. The second-order valence-corrected chi connectivity index (χ2v) is 6.13. The average Bonchev–Trinajstić information content (AvgIpc) is 2.94. The number of aromatic nitrogens is 1. The van der Waals surface area contributed by atoms with Gasteiger partial charge in [-0.15, -0.1) is 0 Å². The van der Waals surface area contributed by atoms with E-state index in [2.05, 4.69) is 15.6 Å². The summed E-state index contributed by atoms with van der Waals surface area (Å²) in [6.45, 7) is 1.84. The Morgan fingerprint density at radius 3 is 2.81 bits per heavy atom. The summed E-state index contributed by atoms with van der Waals surface area (Å²) in [6, 6.07) is 5.14. The van der Waals surface area contributed by atoms with Gasteiger partial charge >= 0.3 is 0 Å². The lowest BCUT2D eigenvalue weighted by molar-refractivity contribution is -0.118. The second kappa shape index (κ2) is 4.58. The Bertz CT molecular complexity index is 791. The van der Waals surface area contributed by atoms with E-state index in [1.165, 1.54) is 0 Å². The van der Waals surface area contributed by atoms with Gasteiger partial charge in [0, 0.05) is 17.5 Å². The van der Waals surface area contributed by atoms with Gasteiger partial charge in [-0.25, -0.2) is 0 Å². The topological polar surface area (TPSA) is 74.0 Å². The van der Waals surface area contributed by atoms with Crippen molar-refractivity contribution in [2.45, 2.75) is 0 Å². The zero-order valence-electron chi connectivity index (χ0n) is 11.2. The minimum Gasteiger partial charge on any atom is -0.329 e. The second-order valence-electron chi connectivity index (χ2n) is 5.73. The van der Waals surface area contributed by atoms with Crippen molar-refractivity contribution < 1.29 is 4.79 Å². The molecule has 2 heterocycles. The van der Waals surface area contributed by atoms with Crippen LogP contribution in [0.4, 0.5) is 5.69 Å². The zero-order valence-corrected chi connectivity index (χ0v) is 11.9. The number of H-pyrrole nitrogens is 1. The highest BCUT2D eigenvalue weighted by molar-refractivity contribution is 6.34. The number of carbonyl (C=O) groups is 1. The van der Waals surface area contributed by atoms with Crippen LogP contribution in [0.3, 0.4) is 0 Å². The zero-order chi connectivity index (χ0) is 14.6. The van der Waals surface area contributed by atoms with Gasteiger partial charge in [0.05, 0.1) is 10.7 Å². The molecule has 1 aromatic heterocycles. The van der Waals surface area contributed by atoms with E-state index in [1.807, 2.05) is 0 Å². The number of benzene rings is 1. The van der Waals surface area contributed by atoms with Crippen LogP contribution < -0.4 is 16.2 Å². The van der Waals surface area contributed by atoms with E-state index < -0.39 is 0 Å². The predicted molar refractivity (Wildman–Crippen MR) is 81.5 cm³/mol. The van der Waals surface area contributed by atoms with E-state index in [-0.39, 0.29) is 17.4 Å². The molecule has 3 atom stereocenters. The number of nitrogens with one attached hydrogen (secondary N) is 3. The first-order valence-electron chi connectivity index (χ1n) is 6.97. The van der Waals surface area contributed by atoms with Crippen LogP contribution in [-0.4, -0.2) is 24.0 Å². The number of fused-ring (bicyclic) bond motifs is 2. The third kappa shape index (κ3) is 2.04. The summed E-state index contributed by atoms with van der Waals surface area (Å²) in [4.78, 5) is 26.6. The van der Waals surface area contributed by atoms with E-state index >= 15 is 0 Å². The maximum atomic E-state index is 12.3. The van der Waals surface area contributed by atoms with Crippen molar-refractivity contribution in [2.75, 3.05) is 18.4 Å². The van der Waals surface area contributed by atoms with Gasteiger partial charge < -0.3 is 15.6 Å². The first-order chi connectivity index (χ1) is 10.1. The van der Waals surface area contributed by atoms with Crippen LogP contribution in [0, 0.1) is 17.8 Å². The largest absolute Gasteiger partial charge is 0.329 e. The fourth-order valence-corrected chi connectivity index (χ4v) is 3.54. The number of hydrogen-bond donors (Lipinski definition) is 3. The number of anilines is 1. The molecule has 1 amide bonds. The van der Waals surface area contributed by atoms with E-state index in [9.17, 15) is 9.59 Å². The lowest BCUT2D eigenvalue weighted by Gasteiger charge is -2.10. The Kier molecular flexibility index (Phi) is 2.80. The molecule has 4 rings (SSSR count). The molecule has 0 bridgehead atoms.